The first-order valence-electron chi connectivity index (χ1n) is 7.77. The van der Waals surface area contributed by atoms with Crippen LogP contribution >= 0.6 is 0 Å². The van der Waals surface area contributed by atoms with E-state index in [4.69, 9.17) is 10.00 Å². The Bertz CT molecular complexity index is 938. The molecule has 3 heterocycles. The van der Waals surface area contributed by atoms with Crippen molar-refractivity contribution < 1.29 is 9.13 Å². The largest absolute Gasteiger partial charge is 0.378 e. The molecule has 0 saturated carbocycles. The Morgan fingerprint density at radius 1 is 1.21 bits per heavy atom. The summed E-state index contributed by atoms with van der Waals surface area (Å²) in [6.07, 6.45) is 3.52. The Labute approximate surface area is 138 Å². The summed E-state index contributed by atoms with van der Waals surface area (Å²) in [6, 6.07) is 8.44. The number of H-pyrrole nitrogens is 1. The molecule has 1 fully saturated rings. The van der Waals surface area contributed by atoms with E-state index in [9.17, 15) is 4.39 Å². The Morgan fingerprint density at radius 3 is 2.79 bits per heavy atom. The number of ether oxygens (including phenoxy) is 1. The van der Waals surface area contributed by atoms with E-state index in [-0.39, 0.29) is 0 Å². The van der Waals surface area contributed by atoms with Gasteiger partial charge in [-0.15, -0.1) is 0 Å². The zero-order chi connectivity index (χ0) is 16.5. The summed E-state index contributed by atoms with van der Waals surface area (Å²) in [5, 5.41) is 9.81. The van der Waals surface area contributed by atoms with E-state index in [2.05, 4.69) is 14.9 Å². The number of nitrogens with zero attached hydrogens (tertiary/aromatic N) is 3. The molecule has 0 radical (unpaired) electrons. The van der Waals surface area contributed by atoms with E-state index in [1.54, 1.807) is 24.5 Å². The molecule has 0 bridgehead atoms. The quantitative estimate of drug-likeness (QED) is 0.787. The SMILES string of the molecule is N#Cc1ccc(-c2c[nH]c3nccc(N4CCOCC4)c23)c(F)c1. The van der Waals surface area contributed by atoms with Gasteiger partial charge >= 0.3 is 0 Å². The zero-order valence-electron chi connectivity index (χ0n) is 12.9. The van der Waals surface area contributed by atoms with Gasteiger partial charge in [0.1, 0.15) is 11.5 Å². The number of anilines is 1. The number of aromatic nitrogens is 2. The molecule has 3 aromatic rings. The number of nitriles is 1. The molecule has 2 aromatic heterocycles. The highest BCUT2D eigenvalue weighted by Crippen LogP contribution is 2.36. The van der Waals surface area contributed by atoms with Gasteiger partial charge in [-0.3, -0.25) is 0 Å². The van der Waals surface area contributed by atoms with E-state index in [0.717, 1.165) is 35.4 Å². The fourth-order valence-corrected chi connectivity index (χ4v) is 3.12. The molecule has 0 unspecified atom stereocenters. The number of hydrogen-bond donors (Lipinski definition) is 1. The first-order valence-corrected chi connectivity index (χ1v) is 7.77. The molecule has 1 aliphatic heterocycles. The molecule has 24 heavy (non-hydrogen) atoms. The molecule has 0 atom stereocenters. The fourth-order valence-electron chi connectivity index (χ4n) is 3.12. The van der Waals surface area contributed by atoms with Crippen molar-refractivity contribution >= 4 is 16.7 Å². The molecular formula is C18H15FN4O. The van der Waals surface area contributed by atoms with E-state index < -0.39 is 5.82 Å². The predicted octanol–water partition coefficient (Wildman–Crippen LogP) is 3.08. The molecule has 5 nitrogen and oxygen atoms in total. The zero-order valence-corrected chi connectivity index (χ0v) is 12.9. The molecule has 0 aliphatic carbocycles. The maximum Gasteiger partial charge on any atom is 0.139 e. The van der Waals surface area contributed by atoms with Crippen LogP contribution < -0.4 is 4.90 Å². The standard InChI is InChI=1S/C18H15FN4O/c19-15-9-12(10-20)1-2-13(15)14-11-22-18-17(14)16(3-4-21-18)23-5-7-24-8-6-23/h1-4,9,11H,5-8H2,(H,21,22). The van der Waals surface area contributed by atoms with Gasteiger partial charge < -0.3 is 14.6 Å². The van der Waals surface area contributed by atoms with Gasteiger partial charge in [-0.1, -0.05) is 6.07 Å². The van der Waals surface area contributed by atoms with Gasteiger partial charge in [-0.2, -0.15) is 5.26 Å². The van der Waals surface area contributed by atoms with Gasteiger partial charge in [-0.25, -0.2) is 9.37 Å². The Hall–Kier alpha value is -2.91. The number of halogens is 1. The molecule has 6 heteroatoms. The minimum Gasteiger partial charge on any atom is -0.378 e. The van der Waals surface area contributed by atoms with Crippen LogP contribution in [0.1, 0.15) is 5.56 Å². The van der Waals surface area contributed by atoms with Crippen LogP contribution in [-0.4, -0.2) is 36.3 Å². The van der Waals surface area contributed by atoms with Crippen LogP contribution in [0, 0.1) is 17.1 Å². The summed E-state index contributed by atoms with van der Waals surface area (Å²) in [6.45, 7) is 2.93. The van der Waals surface area contributed by atoms with Crippen LogP contribution in [0.2, 0.25) is 0 Å². The molecule has 1 aromatic carbocycles. The van der Waals surface area contributed by atoms with E-state index in [0.29, 0.717) is 24.3 Å². The van der Waals surface area contributed by atoms with Gasteiger partial charge in [0.05, 0.1) is 30.5 Å². The van der Waals surface area contributed by atoms with Crippen molar-refractivity contribution in [3.05, 3.63) is 48.0 Å². The molecule has 0 spiro atoms. The van der Waals surface area contributed by atoms with Gasteiger partial charge in [0.2, 0.25) is 0 Å². The van der Waals surface area contributed by atoms with E-state index in [1.165, 1.54) is 6.07 Å². The smallest absolute Gasteiger partial charge is 0.139 e. The number of hydrogen-bond acceptors (Lipinski definition) is 4. The maximum absolute atomic E-state index is 14.5. The van der Waals surface area contributed by atoms with Crippen LogP contribution in [0.4, 0.5) is 10.1 Å². The second-order valence-corrected chi connectivity index (χ2v) is 5.66. The number of pyridine rings is 1. The van der Waals surface area contributed by atoms with Crippen molar-refractivity contribution in [3.63, 3.8) is 0 Å². The molecule has 120 valence electrons. The van der Waals surface area contributed by atoms with Crippen molar-refractivity contribution in [2.24, 2.45) is 0 Å². The maximum atomic E-state index is 14.5. The average Bonchev–Trinajstić information content (AvgIpc) is 3.06. The van der Waals surface area contributed by atoms with Crippen LogP contribution in [0.25, 0.3) is 22.2 Å². The Kier molecular flexibility index (Phi) is 3.63. The van der Waals surface area contributed by atoms with Crippen molar-refractivity contribution in [2.75, 3.05) is 31.2 Å². The van der Waals surface area contributed by atoms with Gasteiger partial charge in [0, 0.05) is 42.0 Å². The first kappa shape index (κ1) is 14.7. The van der Waals surface area contributed by atoms with Crippen molar-refractivity contribution in [2.45, 2.75) is 0 Å². The minimum absolute atomic E-state index is 0.308. The van der Waals surface area contributed by atoms with Gasteiger partial charge in [0.25, 0.3) is 0 Å². The number of aromatic amines is 1. The topological polar surface area (TPSA) is 64.9 Å². The molecule has 0 amide bonds. The highest BCUT2D eigenvalue weighted by Gasteiger charge is 2.19. The second kappa shape index (κ2) is 5.95. The van der Waals surface area contributed by atoms with Crippen molar-refractivity contribution in [1.82, 2.24) is 9.97 Å². The summed E-state index contributed by atoms with van der Waals surface area (Å²) in [7, 11) is 0. The normalized spacial score (nSPS) is 14.8. The third-order valence-electron chi connectivity index (χ3n) is 4.29. The number of fused-ring (bicyclic) bond motifs is 1. The lowest BCUT2D eigenvalue weighted by Gasteiger charge is -2.29. The number of benzene rings is 1. The summed E-state index contributed by atoms with van der Waals surface area (Å²) in [4.78, 5) is 9.71. The summed E-state index contributed by atoms with van der Waals surface area (Å²) in [5.74, 6) is -0.410. The second-order valence-electron chi connectivity index (χ2n) is 5.66. The molecule has 1 saturated heterocycles. The average molecular weight is 322 g/mol. The highest BCUT2D eigenvalue weighted by molar-refractivity contribution is 6.02. The lowest BCUT2D eigenvalue weighted by atomic mass is 10.0. The van der Waals surface area contributed by atoms with Crippen molar-refractivity contribution in [3.8, 4) is 17.2 Å². The van der Waals surface area contributed by atoms with Gasteiger partial charge in [0.15, 0.2) is 0 Å². The van der Waals surface area contributed by atoms with E-state index >= 15 is 0 Å². The Balaban J connectivity index is 1.89. The third kappa shape index (κ3) is 2.39. The number of rotatable bonds is 2. The predicted molar refractivity (Wildman–Crippen MR) is 89.2 cm³/mol. The van der Waals surface area contributed by atoms with Crippen molar-refractivity contribution in [1.29, 1.82) is 5.26 Å². The molecule has 1 N–H and O–H groups in total. The lowest BCUT2D eigenvalue weighted by Crippen LogP contribution is -2.36. The third-order valence-corrected chi connectivity index (χ3v) is 4.29. The highest BCUT2D eigenvalue weighted by atomic mass is 19.1. The molecule has 4 rings (SSSR count). The summed E-state index contributed by atoms with van der Waals surface area (Å²) < 4.78 is 19.9. The monoisotopic (exact) mass is 322 g/mol. The number of morpholine rings is 1. The summed E-state index contributed by atoms with van der Waals surface area (Å²) in [5.41, 5.74) is 3.26. The lowest BCUT2D eigenvalue weighted by molar-refractivity contribution is 0.123. The van der Waals surface area contributed by atoms with Crippen LogP contribution in [0.5, 0.6) is 0 Å². The van der Waals surface area contributed by atoms with Crippen LogP contribution in [0.15, 0.2) is 36.7 Å². The van der Waals surface area contributed by atoms with Crippen LogP contribution in [0.3, 0.4) is 0 Å². The first-order chi connectivity index (χ1) is 11.8. The van der Waals surface area contributed by atoms with Gasteiger partial charge in [-0.05, 0) is 18.2 Å². The minimum atomic E-state index is -0.410. The summed E-state index contributed by atoms with van der Waals surface area (Å²) >= 11 is 0. The fraction of sp³-hybridized carbons (Fsp3) is 0.222. The van der Waals surface area contributed by atoms with Crippen LogP contribution in [-0.2, 0) is 4.74 Å². The molecule has 1 aliphatic rings. The van der Waals surface area contributed by atoms with E-state index in [1.807, 2.05) is 12.1 Å². The Morgan fingerprint density at radius 2 is 2.04 bits per heavy atom. The number of nitrogens with one attached hydrogen (secondary N) is 1. The molecular weight excluding hydrogens is 307 g/mol.